The van der Waals surface area contributed by atoms with Gasteiger partial charge in [0.15, 0.2) is 5.54 Å². The fourth-order valence-electron chi connectivity index (χ4n) is 2.91. The molecule has 1 unspecified atom stereocenters. The Hall–Kier alpha value is -3.12. The Kier molecular flexibility index (Phi) is 6.95. The van der Waals surface area contributed by atoms with Crippen LogP contribution in [0.2, 0.25) is 0 Å². The van der Waals surface area contributed by atoms with E-state index in [4.69, 9.17) is 9.47 Å². The van der Waals surface area contributed by atoms with Gasteiger partial charge < -0.3 is 19.1 Å². The molecule has 1 atom stereocenters. The zero-order valence-corrected chi connectivity index (χ0v) is 16.0. The average Bonchev–Trinajstić information content (AvgIpc) is 2.73. The van der Waals surface area contributed by atoms with Crippen LogP contribution < -0.4 is 0 Å². The van der Waals surface area contributed by atoms with Gasteiger partial charge in [-0.15, -0.1) is 0 Å². The Morgan fingerprint density at radius 2 is 2.04 bits per heavy atom. The van der Waals surface area contributed by atoms with Gasteiger partial charge in [0.25, 0.3) is 5.91 Å². The van der Waals surface area contributed by atoms with Crippen LogP contribution in [-0.2, 0) is 23.8 Å². The summed E-state index contributed by atoms with van der Waals surface area (Å²) in [7, 11) is 1.20. The molecule has 0 bridgehead atoms. The summed E-state index contributed by atoms with van der Waals surface area (Å²) >= 11 is 0. The first-order valence-corrected chi connectivity index (χ1v) is 8.80. The molecule has 9 nitrogen and oxygen atoms in total. The number of hydrogen-bond donors (Lipinski definition) is 0. The molecule has 9 heteroatoms. The second-order valence-electron chi connectivity index (χ2n) is 6.20. The number of morpholine rings is 1. The zero-order chi connectivity index (χ0) is 20.7. The van der Waals surface area contributed by atoms with Crippen molar-refractivity contribution < 1.29 is 28.6 Å². The van der Waals surface area contributed by atoms with Crippen molar-refractivity contribution >= 4 is 18.0 Å². The summed E-state index contributed by atoms with van der Waals surface area (Å²) in [6, 6.07) is 2.04. The topological polar surface area (TPSA) is 109 Å². The fraction of sp³-hybridized carbons (Fsp3) is 0.474. The van der Waals surface area contributed by atoms with Crippen LogP contribution in [0, 0.1) is 11.3 Å². The standard InChI is InChI=1S/C19H23N3O6/c1-4-28-18(25)22-12-15(16(23)21-7-9-27-10-8-21)5-6-19(22,13-20)11-14(2)17(24)26-3/h5-6,12H,2,4,7-11H2,1,3H3. The highest BCUT2D eigenvalue weighted by Gasteiger charge is 2.42. The van der Waals surface area contributed by atoms with Crippen molar-refractivity contribution in [1.82, 2.24) is 9.80 Å². The van der Waals surface area contributed by atoms with Gasteiger partial charge >= 0.3 is 12.1 Å². The van der Waals surface area contributed by atoms with E-state index in [9.17, 15) is 19.6 Å². The highest BCUT2D eigenvalue weighted by molar-refractivity contribution is 5.97. The molecular formula is C19H23N3O6. The van der Waals surface area contributed by atoms with E-state index in [-0.39, 0.29) is 30.1 Å². The molecule has 0 N–H and O–H groups in total. The van der Waals surface area contributed by atoms with E-state index in [1.165, 1.54) is 25.5 Å². The highest BCUT2D eigenvalue weighted by atomic mass is 16.6. The number of rotatable bonds is 5. The van der Waals surface area contributed by atoms with Crippen molar-refractivity contribution in [3.8, 4) is 6.07 Å². The van der Waals surface area contributed by atoms with Crippen molar-refractivity contribution in [2.75, 3.05) is 40.0 Å². The Morgan fingerprint density at radius 1 is 1.36 bits per heavy atom. The molecule has 2 heterocycles. The number of methoxy groups -OCH3 is 1. The third-order valence-electron chi connectivity index (χ3n) is 4.40. The van der Waals surface area contributed by atoms with E-state index in [0.29, 0.717) is 26.3 Å². The molecule has 2 rings (SSSR count). The number of carbonyl (C=O) groups excluding carboxylic acids is 3. The second-order valence-corrected chi connectivity index (χ2v) is 6.20. The molecule has 1 saturated heterocycles. The maximum atomic E-state index is 12.8. The number of carbonyl (C=O) groups is 3. The molecule has 0 aliphatic carbocycles. The molecule has 0 aromatic heterocycles. The summed E-state index contributed by atoms with van der Waals surface area (Å²) in [5.41, 5.74) is -1.32. The summed E-state index contributed by atoms with van der Waals surface area (Å²) in [6.07, 6.45) is 3.16. The summed E-state index contributed by atoms with van der Waals surface area (Å²) in [4.78, 5) is 39.7. The lowest BCUT2D eigenvalue weighted by molar-refractivity contribution is -0.136. The Balaban J connectivity index is 2.35. The number of hydrogen-bond acceptors (Lipinski definition) is 7. The molecule has 28 heavy (non-hydrogen) atoms. The van der Waals surface area contributed by atoms with Gasteiger partial charge in [0.05, 0.1) is 38.6 Å². The van der Waals surface area contributed by atoms with Gasteiger partial charge in [-0.2, -0.15) is 5.26 Å². The quantitative estimate of drug-likeness (QED) is 0.512. The first-order valence-electron chi connectivity index (χ1n) is 8.80. The summed E-state index contributed by atoms with van der Waals surface area (Å²) < 4.78 is 14.9. The minimum absolute atomic E-state index is 0.0133. The number of nitrogens with zero attached hydrogens (tertiary/aromatic N) is 3. The number of ether oxygens (including phenoxy) is 3. The minimum Gasteiger partial charge on any atom is -0.466 e. The number of nitriles is 1. The molecule has 0 spiro atoms. The molecule has 1 fully saturated rings. The van der Waals surface area contributed by atoms with Gasteiger partial charge in [0.1, 0.15) is 0 Å². The second kappa shape index (κ2) is 9.19. The normalized spacial score (nSPS) is 21.4. The monoisotopic (exact) mass is 389 g/mol. The van der Waals surface area contributed by atoms with Crippen molar-refractivity contribution in [2.45, 2.75) is 18.9 Å². The van der Waals surface area contributed by atoms with Crippen molar-refractivity contribution in [3.63, 3.8) is 0 Å². The molecule has 2 amide bonds. The molecule has 0 saturated carbocycles. The molecule has 0 aromatic carbocycles. The Morgan fingerprint density at radius 3 is 2.61 bits per heavy atom. The summed E-state index contributed by atoms with van der Waals surface area (Å²) in [5.74, 6) is -0.974. The van der Waals surface area contributed by atoms with Crippen molar-refractivity contribution in [3.05, 3.63) is 36.1 Å². The lowest BCUT2D eigenvalue weighted by Gasteiger charge is -2.37. The van der Waals surface area contributed by atoms with E-state index < -0.39 is 17.6 Å². The van der Waals surface area contributed by atoms with Gasteiger partial charge in [-0.1, -0.05) is 6.58 Å². The van der Waals surface area contributed by atoms with Crippen LogP contribution in [-0.4, -0.2) is 73.3 Å². The fourth-order valence-corrected chi connectivity index (χ4v) is 2.91. The van der Waals surface area contributed by atoms with E-state index in [1.54, 1.807) is 11.8 Å². The first-order chi connectivity index (χ1) is 13.4. The van der Waals surface area contributed by atoms with E-state index in [0.717, 1.165) is 4.90 Å². The number of amides is 2. The third kappa shape index (κ3) is 4.40. The molecular weight excluding hydrogens is 366 g/mol. The van der Waals surface area contributed by atoms with Crippen LogP contribution in [0.5, 0.6) is 0 Å². The van der Waals surface area contributed by atoms with Gasteiger partial charge in [0.2, 0.25) is 0 Å². The summed E-state index contributed by atoms with van der Waals surface area (Å²) in [5, 5.41) is 9.82. The third-order valence-corrected chi connectivity index (χ3v) is 4.40. The lowest BCUT2D eigenvalue weighted by atomic mass is 9.87. The predicted octanol–water partition coefficient (Wildman–Crippen LogP) is 1.14. The van der Waals surface area contributed by atoms with Gasteiger partial charge in [-0.05, 0) is 19.1 Å². The highest BCUT2D eigenvalue weighted by Crippen LogP contribution is 2.31. The zero-order valence-electron chi connectivity index (χ0n) is 16.0. The van der Waals surface area contributed by atoms with E-state index in [2.05, 4.69) is 11.3 Å². The van der Waals surface area contributed by atoms with Gasteiger partial charge in [-0.3, -0.25) is 9.69 Å². The van der Waals surface area contributed by atoms with Gasteiger partial charge in [0, 0.05) is 31.3 Å². The average molecular weight is 389 g/mol. The van der Waals surface area contributed by atoms with Crippen molar-refractivity contribution in [2.24, 2.45) is 0 Å². The molecule has 150 valence electrons. The molecule has 2 aliphatic rings. The maximum Gasteiger partial charge on any atom is 0.415 e. The molecule has 2 aliphatic heterocycles. The Bertz CT molecular complexity index is 760. The van der Waals surface area contributed by atoms with Crippen LogP contribution >= 0.6 is 0 Å². The smallest absolute Gasteiger partial charge is 0.415 e. The van der Waals surface area contributed by atoms with Crippen LogP contribution in [0.1, 0.15) is 13.3 Å². The van der Waals surface area contributed by atoms with Crippen LogP contribution in [0.3, 0.4) is 0 Å². The van der Waals surface area contributed by atoms with Crippen LogP contribution in [0.15, 0.2) is 36.1 Å². The molecule has 0 aromatic rings. The summed E-state index contributed by atoms with van der Waals surface area (Å²) in [6.45, 7) is 7.09. The van der Waals surface area contributed by atoms with Crippen molar-refractivity contribution in [1.29, 1.82) is 5.26 Å². The predicted molar refractivity (Wildman–Crippen MR) is 97.6 cm³/mol. The molecule has 0 radical (unpaired) electrons. The van der Waals surface area contributed by atoms with Crippen LogP contribution in [0.25, 0.3) is 0 Å². The first kappa shape index (κ1) is 21.2. The van der Waals surface area contributed by atoms with E-state index >= 15 is 0 Å². The van der Waals surface area contributed by atoms with Crippen LogP contribution in [0.4, 0.5) is 4.79 Å². The lowest BCUT2D eigenvalue weighted by Crippen LogP contribution is -2.50. The van der Waals surface area contributed by atoms with Gasteiger partial charge in [-0.25, -0.2) is 9.59 Å². The van der Waals surface area contributed by atoms with E-state index in [1.807, 2.05) is 6.07 Å². The SMILES string of the molecule is C=C(CC1(C#N)C=CC(C(=O)N2CCOCC2)=CN1C(=O)OCC)C(=O)OC. The minimum atomic E-state index is -1.56. The largest absolute Gasteiger partial charge is 0.466 e. The Labute approximate surface area is 163 Å². The maximum absolute atomic E-state index is 12.8. The number of esters is 1.